The van der Waals surface area contributed by atoms with Crippen LogP contribution >= 0.6 is 11.5 Å². The highest BCUT2D eigenvalue weighted by atomic mass is 32.1. The number of primary amides is 1. The number of ether oxygens (including phenoxy) is 1. The third-order valence-electron chi connectivity index (χ3n) is 6.16. The van der Waals surface area contributed by atoms with Crippen LogP contribution < -0.4 is 21.5 Å². The Morgan fingerprint density at radius 2 is 1.86 bits per heavy atom. The SMILES string of the molecule is CCOc1ccc([C@H](C(=O)NCCC(C)C)N(C(=O)c2snc(C(N)=O)c2N)C2CCCC2)cc1. The Balaban J connectivity index is 2.04. The van der Waals surface area contributed by atoms with Crippen LogP contribution in [0, 0.1) is 5.92 Å². The van der Waals surface area contributed by atoms with Gasteiger partial charge in [-0.15, -0.1) is 0 Å². The summed E-state index contributed by atoms with van der Waals surface area (Å²) < 4.78 is 9.56. The van der Waals surface area contributed by atoms with E-state index in [9.17, 15) is 14.4 Å². The molecule has 3 rings (SSSR count). The number of anilines is 1. The number of aromatic nitrogens is 1. The fraction of sp³-hybridized carbons (Fsp3) is 0.520. The second kappa shape index (κ2) is 12.0. The molecule has 190 valence electrons. The van der Waals surface area contributed by atoms with Crippen LogP contribution in [0.3, 0.4) is 0 Å². The monoisotopic (exact) mass is 501 g/mol. The maximum absolute atomic E-state index is 13.9. The van der Waals surface area contributed by atoms with Gasteiger partial charge >= 0.3 is 0 Å². The Hall–Kier alpha value is -3.14. The molecule has 1 atom stereocenters. The number of rotatable bonds is 11. The number of nitrogens with two attached hydrogens (primary N) is 2. The van der Waals surface area contributed by atoms with E-state index in [0.717, 1.165) is 43.6 Å². The molecule has 5 N–H and O–H groups in total. The second-order valence-electron chi connectivity index (χ2n) is 9.17. The van der Waals surface area contributed by atoms with Gasteiger partial charge in [0, 0.05) is 12.6 Å². The van der Waals surface area contributed by atoms with Crippen molar-refractivity contribution in [2.75, 3.05) is 18.9 Å². The first-order valence-corrected chi connectivity index (χ1v) is 12.9. The molecule has 0 bridgehead atoms. The smallest absolute Gasteiger partial charge is 0.270 e. The molecular weight excluding hydrogens is 466 g/mol. The minimum absolute atomic E-state index is 0.0406. The van der Waals surface area contributed by atoms with Crippen molar-refractivity contribution in [3.05, 3.63) is 40.4 Å². The molecule has 10 heteroatoms. The highest BCUT2D eigenvalue weighted by Gasteiger charge is 2.39. The van der Waals surface area contributed by atoms with Gasteiger partial charge in [0.05, 0.1) is 12.3 Å². The summed E-state index contributed by atoms with van der Waals surface area (Å²) in [5.41, 5.74) is 12.0. The average molecular weight is 502 g/mol. The molecular formula is C25H35N5O4S. The zero-order valence-electron chi connectivity index (χ0n) is 20.6. The topological polar surface area (TPSA) is 141 Å². The van der Waals surface area contributed by atoms with Crippen LogP contribution in [0.25, 0.3) is 0 Å². The minimum atomic E-state index is -0.869. The van der Waals surface area contributed by atoms with Gasteiger partial charge in [0.15, 0.2) is 5.69 Å². The number of nitrogens with one attached hydrogen (secondary N) is 1. The summed E-state index contributed by atoms with van der Waals surface area (Å²) in [5, 5.41) is 3.02. The van der Waals surface area contributed by atoms with Crippen molar-refractivity contribution in [2.24, 2.45) is 11.7 Å². The highest BCUT2D eigenvalue weighted by Crippen LogP contribution is 2.36. The molecule has 1 fully saturated rings. The maximum atomic E-state index is 13.9. The number of carbonyl (C=O) groups is 3. The fourth-order valence-electron chi connectivity index (χ4n) is 4.35. The van der Waals surface area contributed by atoms with Crippen molar-refractivity contribution in [1.29, 1.82) is 0 Å². The first kappa shape index (κ1) is 26.5. The Morgan fingerprint density at radius 1 is 1.20 bits per heavy atom. The summed E-state index contributed by atoms with van der Waals surface area (Å²) in [7, 11) is 0. The Bertz CT molecular complexity index is 1030. The van der Waals surface area contributed by atoms with E-state index in [-0.39, 0.29) is 28.2 Å². The van der Waals surface area contributed by atoms with Gasteiger partial charge in [-0.3, -0.25) is 14.4 Å². The van der Waals surface area contributed by atoms with E-state index in [4.69, 9.17) is 16.2 Å². The number of carbonyl (C=O) groups excluding carboxylic acids is 3. The van der Waals surface area contributed by atoms with Gasteiger partial charge in [0.1, 0.15) is 16.7 Å². The summed E-state index contributed by atoms with van der Waals surface area (Å²) in [6.45, 7) is 7.11. The van der Waals surface area contributed by atoms with Crippen LogP contribution in [-0.4, -0.2) is 46.2 Å². The number of benzene rings is 1. The third kappa shape index (κ3) is 6.30. The number of amides is 3. The Morgan fingerprint density at radius 3 is 2.40 bits per heavy atom. The summed E-state index contributed by atoms with van der Waals surface area (Å²) in [6.07, 6.45) is 4.30. The van der Waals surface area contributed by atoms with Crippen LogP contribution in [0.2, 0.25) is 0 Å². The van der Waals surface area contributed by atoms with Crippen molar-refractivity contribution < 1.29 is 19.1 Å². The molecule has 0 spiro atoms. The lowest BCUT2D eigenvalue weighted by Gasteiger charge is -2.36. The van der Waals surface area contributed by atoms with Gasteiger partial charge in [0.25, 0.3) is 11.8 Å². The second-order valence-corrected chi connectivity index (χ2v) is 9.94. The van der Waals surface area contributed by atoms with E-state index >= 15 is 0 Å². The van der Waals surface area contributed by atoms with E-state index in [1.807, 2.05) is 19.1 Å². The van der Waals surface area contributed by atoms with Crippen molar-refractivity contribution in [2.45, 2.75) is 65.0 Å². The first-order chi connectivity index (χ1) is 16.7. The normalized spacial score (nSPS) is 14.6. The minimum Gasteiger partial charge on any atom is -0.494 e. The van der Waals surface area contributed by atoms with Crippen LogP contribution in [0.15, 0.2) is 24.3 Å². The summed E-state index contributed by atoms with van der Waals surface area (Å²) in [6, 6.07) is 6.23. The number of nitrogens with zero attached hydrogens (tertiary/aromatic N) is 2. The molecule has 1 aromatic carbocycles. The van der Waals surface area contributed by atoms with Crippen LogP contribution in [-0.2, 0) is 4.79 Å². The maximum Gasteiger partial charge on any atom is 0.270 e. The predicted molar refractivity (Wildman–Crippen MR) is 136 cm³/mol. The highest BCUT2D eigenvalue weighted by molar-refractivity contribution is 7.09. The van der Waals surface area contributed by atoms with Gasteiger partial charge < -0.3 is 26.4 Å². The molecule has 0 radical (unpaired) electrons. The molecule has 1 heterocycles. The van der Waals surface area contributed by atoms with Crippen LogP contribution in [0.1, 0.15) is 84.6 Å². The summed E-state index contributed by atoms with van der Waals surface area (Å²) in [5.74, 6) is -0.354. The van der Waals surface area contributed by atoms with E-state index in [1.165, 1.54) is 0 Å². The van der Waals surface area contributed by atoms with E-state index in [0.29, 0.717) is 30.4 Å². The Labute approximate surface area is 210 Å². The van der Waals surface area contributed by atoms with Crippen LogP contribution in [0.5, 0.6) is 5.75 Å². The van der Waals surface area contributed by atoms with Gasteiger partial charge in [-0.1, -0.05) is 38.8 Å². The zero-order valence-corrected chi connectivity index (χ0v) is 21.4. The van der Waals surface area contributed by atoms with Crippen molar-refractivity contribution >= 4 is 34.9 Å². The quantitative estimate of drug-likeness (QED) is 0.430. The van der Waals surface area contributed by atoms with Gasteiger partial charge in [-0.2, -0.15) is 4.37 Å². The molecule has 1 aromatic heterocycles. The lowest BCUT2D eigenvalue weighted by Crippen LogP contribution is -2.48. The van der Waals surface area contributed by atoms with E-state index in [2.05, 4.69) is 23.5 Å². The average Bonchev–Trinajstić information content (AvgIpc) is 3.47. The van der Waals surface area contributed by atoms with Gasteiger partial charge in [-0.25, -0.2) is 0 Å². The molecule has 0 unspecified atom stereocenters. The molecule has 9 nitrogen and oxygen atoms in total. The van der Waals surface area contributed by atoms with Gasteiger partial charge in [0.2, 0.25) is 5.91 Å². The largest absolute Gasteiger partial charge is 0.494 e. The molecule has 1 aliphatic carbocycles. The van der Waals surface area contributed by atoms with Crippen molar-refractivity contribution in [3.8, 4) is 5.75 Å². The molecule has 0 aliphatic heterocycles. The molecule has 1 saturated carbocycles. The zero-order chi connectivity index (χ0) is 25.5. The summed E-state index contributed by atoms with van der Waals surface area (Å²) >= 11 is 0.836. The molecule has 0 saturated heterocycles. The standard InChI is InChI=1S/C25H35N5O4S/c1-4-34-18-11-9-16(10-12-18)21(24(32)28-14-13-15(2)3)30(17-7-5-6-8-17)25(33)22-19(26)20(23(27)31)29-35-22/h9-12,15,17,21H,4-8,13-14,26H2,1-3H3,(H2,27,31)(H,28,32)/t21-/m1/s1. The van der Waals surface area contributed by atoms with Crippen molar-refractivity contribution in [3.63, 3.8) is 0 Å². The molecule has 2 aromatic rings. The van der Waals surface area contributed by atoms with Crippen LogP contribution in [0.4, 0.5) is 5.69 Å². The number of hydrogen-bond donors (Lipinski definition) is 3. The number of nitrogen functional groups attached to an aromatic ring is 1. The van der Waals surface area contributed by atoms with E-state index < -0.39 is 17.9 Å². The lowest BCUT2D eigenvalue weighted by molar-refractivity contribution is -0.126. The molecule has 35 heavy (non-hydrogen) atoms. The fourth-order valence-corrected chi connectivity index (χ4v) is 5.10. The molecule has 1 aliphatic rings. The third-order valence-corrected chi connectivity index (χ3v) is 7.01. The Kier molecular flexibility index (Phi) is 9.08. The summed E-state index contributed by atoms with van der Waals surface area (Å²) in [4.78, 5) is 41.0. The van der Waals surface area contributed by atoms with Gasteiger partial charge in [-0.05, 0) is 61.3 Å². The number of hydrogen-bond acceptors (Lipinski definition) is 7. The van der Waals surface area contributed by atoms with Crippen molar-refractivity contribution in [1.82, 2.24) is 14.6 Å². The lowest BCUT2D eigenvalue weighted by atomic mass is 10.00. The molecule has 3 amide bonds. The first-order valence-electron chi connectivity index (χ1n) is 12.1. The predicted octanol–water partition coefficient (Wildman–Crippen LogP) is 3.51. The van der Waals surface area contributed by atoms with E-state index in [1.54, 1.807) is 17.0 Å².